The van der Waals surface area contributed by atoms with Crippen LogP contribution in [-0.4, -0.2) is 49.1 Å². The minimum atomic E-state index is 0.638. The Hall–Kier alpha value is -1.56. The molecule has 0 amide bonds. The van der Waals surface area contributed by atoms with E-state index in [1.165, 1.54) is 5.56 Å². The molecule has 0 aliphatic rings. The average Bonchev–Trinajstić information content (AvgIpc) is 2.75. The van der Waals surface area contributed by atoms with Gasteiger partial charge in [0.1, 0.15) is 0 Å². The molecule has 0 saturated heterocycles. The summed E-state index contributed by atoms with van der Waals surface area (Å²) in [6.45, 7) is 5.04. The fraction of sp³-hybridized carbons (Fsp3) is 0.667. The van der Waals surface area contributed by atoms with E-state index >= 15 is 0 Å². The van der Waals surface area contributed by atoms with Gasteiger partial charge in [0.15, 0.2) is 5.96 Å². The van der Waals surface area contributed by atoms with Crippen molar-refractivity contribution in [3.05, 3.63) is 18.0 Å². The lowest BCUT2D eigenvalue weighted by Crippen LogP contribution is -2.38. The molecule has 0 bridgehead atoms. The van der Waals surface area contributed by atoms with Crippen molar-refractivity contribution < 1.29 is 4.74 Å². The maximum absolute atomic E-state index is 4.97. The first-order valence-corrected chi connectivity index (χ1v) is 6.25. The molecule has 102 valence electrons. The van der Waals surface area contributed by atoms with E-state index in [4.69, 9.17) is 4.74 Å². The van der Waals surface area contributed by atoms with Gasteiger partial charge in [0, 0.05) is 33.4 Å². The maximum Gasteiger partial charge on any atom is 0.191 e. The zero-order chi connectivity index (χ0) is 13.2. The molecular formula is C12H23N5O. The highest BCUT2D eigenvalue weighted by atomic mass is 16.5. The third-order valence-electron chi connectivity index (χ3n) is 2.37. The lowest BCUT2D eigenvalue weighted by atomic mass is 10.2. The predicted molar refractivity (Wildman–Crippen MR) is 72.8 cm³/mol. The van der Waals surface area contributed by atoms with Crippen molar-refractivity contribution in [1.29, 1.82) is 0 Å². The van der Waals surface area contributed by atoms with Crippen LogP contribution in [0.3, 0.4) is 0 Å². The Morgan fingerprint density at radius 3 is 2.94 bits per heavy atom. The minimum Gasteiger partial charge on any atom is -0.383 e. The molecule has 0 aliphatic carbocycles. The average molecular weight is 253 g/mol. The number of hydrogen-bond donors (Lipinski definition) is 2. The van der Waals surface area contributed by atoms with Gasteiger partial charge in [-0.2, -0.15) is 5.10 Å². The van der Waals surface area contributed by atoms with Gasteiger partial charge in [-0.25, -0.2) is 0 Å². The van der Waals surface area contributed by atoms with Gasteiger partial charge in [-0.1, -0.05) is 0 Å². The Morgan fingerprint density at radius 2 is 2.33 bits per heavy atom. The molecule has 0 spiro atoms. The Kier molecular flexibility index (Phi) is 6.86. The first-order valence-electron chi connectivity index (χ1n) is 6.25. The number of nitrogens with zero attached hydrogens (tertiary/aromatic N) is 3. The van der Waals surface area contributed by atoms with Crippen LogP contribution >= 0.6 is 0 Å². The molecular weight excluding hydrogens is 230 g/mol. The molecule has 18 heavy (non-hydrogen) atoms. The number of aromatic nitrogens is 2. The third kappa shape index (κ3) is 5.67. The Morgan fingerprint density at radius 1 is 1.50 bits per heavy atom. The van der Waals surface area contributed by atoms with Crippen molar-refractivity contribution in [2.24, 2.45) is 12.0 Å². The van der Waals surface area contributed by atoms with E-state index in [0.717, 1.165) is 25.5 Å². The van der Waals surface area contributed by atoms with Crippen LogP contribution < -0.4 is 10.6 Å². The van der Waals surface area contributed by atoms with E-state index in [9.17, 15) is 0 Å². The standard InChI is InChI=1S/C12H23N5O/c1-4-13-12(15-7-8-18-3)14-6-5-11-9-16-17(2)10-11/h9-10H,4-8H2,1-3H3,(H2,13,14,15). The van der Waals surface area contributed by atoms with E-state index in [2.05, 4.69) is 27.6 Å². The molecule has 0 aromatic carbocycles. The van der Waals surface area contributed by atoms with Gasteiger partial charge in [-0.15, -0.1) is 0 Å². The van der Waals surface area contributed by atoms with E-state index in [1.807, 2.05) is 24.1 Å². The molecule has 0 aliphatic heterocycles. The summed E-state index contributed by atoms with van der Waals surface area (Å²) < 4.78 is 6.79. The number of guanidine groups is 1. The van der Waals surface area contributed by atoms with Crippen LogP contribution in [0.1, 0.15) is 12.5 Å². The van der Waals surface area contributed by atoms with E-state index in [0.29, 0.717) is 13.2 Å². The minimum absolute atomic E-state index is 0.638. The summed E-state index contributed by atoms with van der Waals surface area (Å²) >= 11 is 0. The number of rotatable bonds is 7. The molecule has 1 aromatic rings. The summed E-state index contributed by atoms with van der Waals surface area (Å²) in [6, 6.07) is 0. The molecule has 0 fully saturated rings. The van der Waals surface area contributed by atoms with Gasteiger partial charge in [-0.3, -0.25) is 9.67 Å². The largest absolute Gasteiger partial charge is 0.383 e. The summed E-state index contributed by atoms with van der Waals surface area (Å²) in [5.74, 6) is 0.832. The fourth-order valence-electron chi connectivity index (χ4n) is 1.52. The Balaban J connectivity index is 2.30. The number of methoxy groups -OCH3 is 1. The van der Waals surface area contributed by atoms with Gasteiger partial charge < -0.3 is 15.4 Å². The lowest BCUT2D eigenvalue weighted by Gasteiger charge is -2.10. The second-order valence-electron chi connectivity index (χ2n) is 3.95. The molecule has 1 heterocycles. The molecule has 0 radical (unpaired) electrons. The van der Waals surface area contributed by atoms with Crippen LogP contribution in [0.15, 0.2) is 17.4 Å². The molecule has 0 unspecified atom stereocenters. The van der Waals surface area contributed by atoms with Crippen LogP contribution in [0.2, 0.25) is 0 Å². The molecule has 1 aromatic heterocycles. The van der Waals surface area contributed by atoms with Crippen LogP contribution in [-0.2, 0) is 18.2 Å². The number of aliphatic imine (C=N–C) groups is 1. The van der Waals surface area contributed by atoms with Gasteiger partial charge in [0.2, 0.25) is 0 Å². The predicted octanol–water partition coefficient (Wildman–Crippen LogP) is 0.164. The summed E-state index contributed by atoms with van der Waals surface area (Å²) in [5, 5.41) is 10.6. The molecule has 6 nitrogen and oxygen atoms in total. The van der Waals surface area contributed by atoms with Crippen molar-refractivity contribution >= 4 is 5.96 Å². The molecule has 6 heteroatoms. The van der Waals surface area contributed by atoms with E-state index in [-0.39, 0.29) is 0 Å². The van der Waals surface area contributed by atoms with Crippen molar-refractivity contribution in [2.75, 3.05) is 33.4 Å². The Labute approximate surface area is 108 Å². The van der Waals surface area contributed by atoms with Crippen molar-refractivity contribution in [2.45, 2.75) is 13.3 Å². The zero-order valence-electron chi connectivity index (χ0n) is 11.4. The van der Waals surface area contributed by atoms with Gasteiger partial charge in [0.05, 0.1) is 19.3 Å². The highest BCUT2D eigenvalue weighted by Gasteiger charge is 1.98. The highest BCUT2D eigenvalue weighted by molar-refractivity contribution is 5.79. The second kappa shape index (κ2) is 8.52. The van der Waals surface area contributed by atoms with Crippen LogP contribution in [0.4, 0.5) is 0 Å². The summed E-state index contributed by atoms with van der Waals surface area (Å²) in [7, 11) is 3.60. The topological polar surface area (TPSA) is 63.5 Å². The van der Waals surface area contributed by atoms with E-state index in [1.54, 1.807) is 7.11 Å². The molecule has 0 saturated carbocycles. The van der Waals surface area contributed by atoms with Crippen molar-refractivity contribution in [3.63, 3.8) is 0 Å². The quantitative estimate of drug-likeness (QED) is 0.413. The number of aryl methyl sites for hydroxylation is 1. The third-order valence-corrected chi connectivity index (χ3v) is 2.37. The van der Waals surface area contributed by atoms with Crippen LogP contribution in [0.5, 0.6) is 0 Å². The zero-order valence-corrected chi connectivity index (χ0v) is 11.4. The summed E-state index contributed by atoms with van der Waals surface area (Å²) in [6.07, 6.45) is 4.84. The molecule has 0 atom stereocenters. The van der Waals surface area contributed by atoms with Gasteiger partial charge in [0.25, 0.3) is 0 Å². The molecule has 2 N–H and O–H groups in total. The summed E-state index contributed by atoms with van der Waals surface area (Å²) in [5.41, 5.74) is 1.22. The fourth-order valence-corrected chi connectivity index (χ4v) is 1.52. The van der Waals surface area contributed by atoms with Gasteiger partial charge >= 0.3 is 0 Å². The van der Waals surface area contributed by atoms with E-state index < -0.39 is 0 Å². The summed E-state index contributed by atoms with van der Waals surface area (Å²) in [4.78, 5) is 4.39. The first-order chi connectivity index (χ1) is 8.76. The van der Waals surface area contributed by atoms with Crippen LogP contribution in [0.25, 0.3) is 0 Å². The highest BCUT2D eigenvalue weighted by Crippen LogP contribution is 1.95. The Bertz CT molecular complexity index is 361. The monoisotopic (exact) mass is 253 g/mol. The normalized spacial score (nSPS) is 11.6. The maximum atomic E-state index is 4.97. The van der Waals surface area contributed by atoms with Crippen molar-refractivity contribution in [3.8, 4) is 0 Å². The van der Waals surface area contributed by atoms with Crippen molar-refractivity contribution in [1.82, 2.24) is 20.4 Å². The first kappa shape index (κ1) is 14.5. The van der Waals surface area contributed by atoms with Crippen LogP contribution in [0, 0.1) is 0 Å². The second-order valence-corrected chi connectivity index (χ2v) is 3.95. The number of hydrogen-bond acceptors (Lipinski definition) is 3. The smallest absolute Gasteiger partial charge is 0.191 e. The number of nitrogens with one attached hydrogen (secondary N) is 2. The van der Waals surface area contributed by atoms with Gasteiger partial charge in [-0.05, 0) is 18.9 Å². The lowest BCUT2D eigenvalue weighted by molar-refractivity contribution is 0.208. The number of ether oxygens (including phenoxy) is 1. The molecule has 1 rings (SSSR count). The SMILES string of the molecule is CCNC(=NCCOC)NCCc1cnn(C)c1.